The Morgan fingerprint density at radius 1 is 0.967 bits per heavy atom. The third kappa shape index (κ3) is 2.85. The number of hydrogen-bond acceptors (Lipinski definition) is 3. The summed E-state index contributed by atoms with van der Waals surface area (Å²) in [5, 5.41) is 9.41. The van der Waals surface area contributed by atoms with Crippen LogP contribution in [0.15, 0.2) is 85.1 Å². The average molecular weight is 408 g/mol. The van der Waals surface area contributed by atoms with Crippen molar-refractivity contribution in [2.75, 3.05) is 11.9 Å². The fourth-order valence-electron chi connectivity index (χ4n) is 4.10. The SMILES string of the molecule is C=C1c2ccc(-c3ccccc3)cc2N(C)/C(C(=N)N)=C\c2sc3ccccc3c21. The van der Waals surface area contributed by atoms with Gasteiger partial charge in [-0.15, -0.1) is 11.3 Å². The van der Waals surface area contributed by atoms with Crippen molar-refractivity contribution < 1.29 is 0 Å². The van der Waals surface area contributed by atoms with Crippen molar-refractivity contribution in [3.63, 3.8) is 0 Å². The lowest BCUT2D eigenvalue weighted by atomic mass is 9.91. The Morgan fingerprint density at radius 2 is 1.70 bits per heavy atom. The monoisotopic (exact) mass is 407 g/mol. The van der Waals surface area contributed by atoms with Crippen LogP contribution in [-0.2, 0) is 0 Å². The maximum absolute atomic E-state index is 8.22. The van der Waals surface area contributed by atoms with Crippen LogP contribution < -0.4 is 10.6 Å². The second-order valence-electron chi connectivity index (χ2n) is 7.42. The summed E-state index contributed by atoms with van der Waals surface area (Å²) in [5.74, 6) is 0.0458. The molecule has 0 aliphatic carbocycles. The van der Waals surface area contributed by atoms with E-state index in [1.54, 1.807) is 11.3 Å². The third-order valence-corrected chi connectivity index (χ3v) is 6.74. The minimum Gasteiger partial charge on any atom is -0.382 e. The number of rotatable bonds is 2. The van der Waals surface area contributed by atoms with Crippen molar-refractivity contribution >= 4 is 44.6 Å². The number of nitrogens with one attached hydrogen (secondary N) is 1. The number of nitrogens with two attached hydrogens (primary N) is 1. The van der Waals surface area contributed by atoms with E-state index in [0.29, 0.717) is 5.70 Å². The first kappa shape index (κ1) is 18.4. The number of likely N-dealkylation sites (N-methyl/N-ethyl adjacent to an activating group) is 1. The maximum atomic E-state index is 8.22. The van der Waals surface area contributed by atoms with Crippen molar-refractivity contribution in [1.29, 1.82) is 5.41 Å². The molecule has 1 aliphatic rings. The highest BCUT2D eigenvalue weighted by molar-refractivity contribution is 7.20. The van der Waals surface area contributed by atoms with E-state index in [1.807, 2.05) is 36.2 Å². The van der Waals surface area contributed by atoms with Crippen molar-refractivity contribution in [3.05, 3.63) is 101 Å². The van der Waals surface area contributed by atoms with Gasteiger partial charge in [0.2, 0.25) is 0 Å². The van der Waals surface area contributed by atoms with Crippen LogP contribution in [0, 0.1) is 5.41 Å². The molecule has 4 heteroatoms. The van der Waals surface area contributed by atoms with Crippen LogP contribution in [-0.4, -0.2) is 12.9 Å². The number of amidine groups is 1. The van der Waals surface area contributed by atoms with E-state index in [0.717, 1.165) is 38.4 Å². The first-order valence-electron chi connectivity index (χ1n) is 9.75. The number of anilines is 1. The summed E-state index contributed by atoms with van der Waals surface area (Å²) in [6.07, 6.45) is 2.02. The van der Waals surface area contributed by atoms with Crippen molar-refractivity contribution in [3.8, 4) is 11.1 Å². The summed E-state index contributed by atoms with van der Waals surface area (Å²) in [7, 11) is 1.96. The number of nitrogens with zero attached hydrogens (tertiary/aromatic N) is 1. The highest BCUT2D eigenvalue weighted by Gasteiger charge is 2.24. The van der Waals surface area contributed by atoms with Gasteiger partial charge in [0.15, 0.2) is 0 Å². The molecule has 3 aromatic carbocycles. The van der Waals surface area contributed by atoms with E-state index in [2.05, 4.69) is 61.2 Å². The van der Waals surface area contributed by atoms with Gasteiger partial charge >= 0.3 is 0 Å². The fraction of sp³-hybridized carbons (Fsp3) is 0.0385. The molecule has 3 nitrogen and oxygen atoms in total. The predicted octanol–water partition coefficient (Wildman–Crippen LogP) is 6.36. The molecule has 0 saturated heterocycles. The molecule has 146 valence electrons. The van der Waals surface area contributed by atoms with Gasteiger partial charge in [-0.2, -0.15) is 0 Å². The van der Waals surface area contributed by atoms with Gasteiger partial charge in [-0.1, -0.05) is 67.2 Å². The van der Waals surface area contributed by atoms with E-state index < -0.39 is 0 Å². The van der Waals surface area contributed by atoms with E-state index in [-0.39, 0.29) is 5.84 Å². The summed E-state index contributed by atoms with van der Waals surface area (Å²) >= 11 is 1.71. The number of hydrogen-bond donors (Lipinski definition) is 2. The Labute approximate surface area is 179 Å². The molecule has 1 aliphatic heterocycles. The van der Waals surface area contributed by atoms with E-state index >= 15 is 0 Å². The molecule has 0 saturated carbocycles. The molecule has 0 unspecified atom stereocenters. The van der Waals surface area contributed by atoms with Gasteiger partial charge in [-0.3, -0.25) is 5.41 Å². The van der Waals surface area contributed by atoms with Crippen LogP contribution >= 0.6 is 11.3 Å². The summed E-state index contributed by atoms with van der Waals surface area (Å²) in [5.41, 5.74) is 13.1. The molecular formula is C26H21N3S. The molecule has 0 spiro atoms. The Hall–Kier alpha value is -3.63. The quantitative estimate of drug-likeness (QED) is 0.300. The zero-order chi connectivity index (χ0) is 20.8. The van der Waals surface area contributed by atoms with Crippen LogP contribution in [0.4, 0.5) is 5.69 Å². The molecule has 0 atom stereocenters. The lowest BCUT2D eigenvalue weighted by molar-refractivity contribution is 1.14. The summed E-state index contributed by atoms with van der Waals surface area (Å²) in [6.45, 7) is 4.49. The van der Waals surface area contributed by atoms with Crippen molar-refractivity contribution in [2.24, 2.45) is 5.73 Å². The molecule has 2 heterocycles. The normalized spacial score (nSPS) is 15.0. The number of fused-ring (bicyclic) bond motifs is 4. The highest BCUT2D eigenvalue weighted by Crippen LogP contribution is 2.44. The molecular weight excluding hydrogens is 386 g/mol. The predicted molar refractivity (Wildman–Crippen MR) is 130 cm³/mol. The average Bonchev–Trinajstić information content (AvgIpc) is 3.13. The van der Waals surface area contributed by atoms with Gasteiger partial charge in [0.1, 0.15) is 5.84 Å². The standard InChI is InChI=1S/C26H21N3S/c1-16-19-13-12-18(17-8-4-3-5-9-17)14-21(19)29(2)22(26(27)28)15-24-25(16)20-10-6-7-11-23(20)30-24/h3-15H,1H2,2H3,(H3,27,28)/b22-15-. The molecule has 3 N–H and O–H groups in total. The Balaban J connectivity index is 1.80. The van der Waals surface area contributed by atoms with E-state index in [1.165, 1.54) is 10.1 Å². The zero-order valence-electron chi connectivity index (χ0n) is 16.6. The molecule has 0 radical (unpaired) electrons. The molecule has 30 heavy (non-hydrogen) atoms. The van der Waals surface area contributed by atoms with Crippen molar-refractivity contribution in [1.82, 2.24) is 0 Å². The minimum atomic E-state index is 0.0458. The van der Waals surface area contributed by atoms with E-state index in [9.17, 15) is 0 Å². The summed E-state index contributed by atoms with van der Waals surface area (Å²) in [4.78, 5) is 3.08. The molecule has 0 bridgehead atoms. The third-order valence-electron chi connectivity index (χ3n) is 5.62. The van der Waals surface area contributed by atoms with E-state index in [4.69, 9.17) is 11.1 Å². The second-order valence-corrected chi connectivity index (χ2v) is 8.50. The zero-order valence-corrected chi connectivity index (χ0v) is 17.5. The Morgan fingerprint density at radius 3 is 2.47 bits per heavy atom. The van der Waals surface area contributed by atoms with Crippen LogP contribution in [0.3, 0.4) is 0 Å². The van der Waals surface area contributed by atoms with Crippen LogP contribution in [0.2, 0.25) is 0 Å². The van der Waals surface area contributed by atoms with Gasteiger partial charge in [-0.25, -0.2) is 0 Å². The Bertz CT molecular complexity index is 1350. The van der Waals surface area contributed by atoms with Gasteiger partial charge in [-0.05, 0) is 34.9 Å². The van der Waals surface area contributed by atoms with Crippen LogP contribution in [0.5, 0.6) is 0 Å². The maximum Gasteiger partial charge on any atom is 0.139 e. The molecule has 0 fully saturated rings. The largest absolute Gasteiger partial charge is 0.382 e. The van der Waals surface area contributed by atoms with Gasteiger partial charge in [0, 0.05) is 38.8 Å². The van der Waals surface area contributed by atoms with Crippen LogP contribution in [0.1, 0.15) is 16.0 Å². The first-order valence-corrected chi connectivity index (χ1v) is 10.6. The molecule has 4 aromatic rings. The Kier molecular flexibility index (Phi) is 4.30. The molecule has 5 rings (SSSR count). The summed E-state index contributed by atoms with van der Waals surface area (Å²) in [6, 6.07) is 25.1. The van der Waals surface area contributed by atoms with Gasteiger partial charge in [0.05, 0.1) is 5.70 Å². The fourth-order valence-corrected chi connectivity index (χ4v) is 5.27. The lowest BCUT2D eigenvalue weighted by Gasteiger charge is -2.28. The highest BCUT2D eigenvalue weighted by atomic mass is 32.1. The summed E-state index contributed by atoms with van der Waals surface area (Å²) < 4.78 is 1.20. The number of benzene rings is 3. The second kappa shape index (κ2) is 7.01. The lowest BCUT2D eigenvalue weighted by Crippen LogP contribution is -2.29. The number of thiophene rings is 1. The first-order chi connectivity index (χ1) is 14.5. The minimum absolute atomic E-state index is 0.0458. The topological polar surface area (TPSA) is 53.1 Å². The van der Waals surface area contributed by atoms with Gasteiger partial charge in [0.25, 0.3) is 0 Å². The smallest absolute Gasteiger partial charge is 0.139 e. The molecule has 1 aromatic heterocycles. The van der Waals surface area contributed by atoms with Crippen molar-refractivity contribution in [2.45, 2.75) is 0 Å². The van der Waals surface area contributed by atoms with Crippen LogP contribution in [0.25, 0.3) is 32.9 Å². The van der Waals surface area contributed by atoms with Gasteiger partial charge < -0.3 is 10.6 Å². The molecule has 0 amide bonds.